The molecule has 0 amide bonds. The van der Waals surface area contributed by atoms with Crippen LogP contribution in [-0.2, 0) is 17.7 Å². The summed E-state index contributed by atoms with van der Waals surface area (Å²) in [5.41, 5.74) is 7.70. The van der Waals surface area contributed by atoms with Crippen LogP contribution in [0.5, 0.6) is 0 Å². The molecule has 5 rings (SSSR count). The van der Waals surface area contributed by atoms with Gasteiger partial charge in [0.15, 0.2) is 0 Å². The average molecular weight is 432 g/mol. The molecule has 0 aliphatic carbocycles. The summed E-state index contributed by atoms with van der Waals surface area (Å²) in [6.45, 7) is 3.43. The van der Waals surface area contributed by atoms with E-state index in [0.717, 1.165) is 38.4 Å². The molecule has 1 heterocycles. The van der Waals surface area contributed by atoms with Crippen molar-refractivity contribution in [3.63, 3.8) is 0 Å². The van der Waals surface area contributed by atoms with E-state index in [1.54, 1.807) is 0 Å². The number of ether oxygens (including phenoxy) is 1. The first-order valence-corrected chi connectivity index (χ1v) is 11.7. The van der Waals surface area contributed by atoms with Crippen LogP contribution in [0.15, 0.2) is 121 Å². The molecule has 0 atom stereocenters. The van der Waals surface area contributed by atoms with Gasteiger partial charge < -0.3 is 4.74 Å². The highest BCUT2D eigenvalue weighted by molar-refractivity contribution is 5.75. The molecule has 2 heteroatoms. The van der Waals surface area contributed by atoms with Crippen LogP contribution in [0.4, 0.5) is 0 Å². The lowest BCUT2D eigenvalue weighted by Gasteiger charge is -2.31. The van der Waals surface area contributed by atoms with Crippen molar-refractivity contribution >= 4 is 5.57 Å². The minimum Gasteiger partial charge on any atom is -0.495 e. The summed E-state index contributed by atoms with van der Waals surface area (Å²) in [4.78, 5) is 2.49. The van der Waals surface area contributed by atoms with Crippen molar-refractivity contribution in [2.75, 3.05) is 19.7 Å². The largest absolute Gasteiger partial charge is 0.495 e. The zero-order valence-corrected chi connectivity index (χ0v) is 18.9. The number of nitrogens with zero attached hydrogens (tertiary/aromatic N) is 1. The molecule has 1 fully saturated rings. The second kappa shape index (κ2) is 10.3. The van der Waals surface area contributed by atoms with Crippen LogP contribution in [0, 0.1) is 0 Å². The Hall–Kier alpha value is -3.62. The highest BCUT2D eigenvalue weighted by Crippen LogP contribution is 2.31. The van der Waals surface area contributed by atoms with E-state index in [0.29, 0.717) is 0 Å². The maximum absolute atomic E-state index is 6.32. The fraction of sp³-hybridized carbons (Fsp3) is 0.161. The lowest BCUT2D eigenvalue weighted by molar-refractivity contribution is 0.0906. The zero-order chi connectivity index (χ0) is 22.3. The molecule has 2 nitrogen and oxygen atoms in total. The molecule has 164 valence electrons. The molecular formula is C31H29NO. The van der Waals surface area contributed by atoms with Gasteiger partial charge in [0.05, 0.1) is 6.54 Å². The van der Waals surface area contributed by atoms with Gasteiger partial charge in [-0.15, -0.1) is 0 Å². The Morgan fingerprint density at radius 2 is 1.33 bits per heavy atom. The van der Waals surface area contributed by atoms with Crippen molar-refractivity contribution < 1.29 is 4.74 Å². The molecule has 1 saturated heterocycles. The smallest absolute Gasteiger partial charge is 0.114 e. The molecule has 4 aromatic rings. The molecule has 0 aromatic heterocycles. The predicted molar refractivity (Wildman–Crippen MR) is 137 cm³/mol. The minimum absolute atomic E-state index is 0.721. The molecular weight excluding hydrogens is 402 g/mol. The maximum atomic E-state index is 6.32. The second-order valence-electron chi connectivity index (χ2n) is 8.51. The van der Waals surface area contributed by atoms with Gasteiger partial charge in [-0.05, 0) is 27.8 Å². The van der Waals surface area contributed by atoms with Gasteiger partial charge in [-0.1, -0.05) is 115 Å². The Morgan fingerprint density at radius 1 is 0.697 bits per heavy atom. The van der Waals surface area contributed by atoms with Gasteiger partial charge in [0.1, 0.15) is 12.4 Å². The maximum Gasteiger partial charge on any atom is 0.114 e. The third kappa shape index (κ3) is 5.24. The van der Waals surface area contributed by atoms with Crippen LogP contribution in [0.2, 0.25) is 0 Å². The van der Waals surface area contributed by atoms with E-state index in [-0.39, 0.29) is 0 Å². The van der Waals surface area contributed by atoms with E-state index in [1.165, 1.54) is 33.4 Å². The molecule has 0 radical (unpaired) electrons. The Balaban J connectivity index is 1.49. The molecule has 0 unspecified atom stereocenters. The SMILES string of the molecule is c1ccc(CN2CCO/C(=C(/Cc3ccccc3-c3ccccc3)c3ccccc3)C2)cc1. The highest BCUT2D eigenvalue weighted by Gasteiger charge is 2.21. The molecule has 33 heavy (non-hydrogen) atoms. The summed E-state index contributed by atoms with van der Waals surface area (Å²) in [5.74, 6) is 1.09. The van der Waals surface area contributed by atoms with Gasteiger partial charge in [-0.25, -0.2) is 0 Å². The van der Waals surface area contributed by atoms with Crippen molar-refractivity contribution in [2.24, 2.45) is 0 Å². The first-order chi connectivity index (χ1) is 16.4. The van der Waals surface area contributed by atoms with E-state index < -0.39 is 0 Å². The van der Waals surface area contributed by atoms with Crippen LogP contribution in [0.1, 0.15) is 16.7 Å². The number of allylic oxidation sites excluding steroid dienone is 1. The van der Waals surface area contributed by atoms with Crippen LogP contribution < -0.4 is 0 Å². The Bertz CT molecular complexity index is 1200. The first-order valence-electron chi connectivity index (χ1n) is 11.7. The summed E-state index contributed by atoms with van der Waals surface area (Å²) in [5, 5.41) is 0. The minimum atomic E-state index is 0.721. The van der Waals surface area contributed by atoms with Crippen LogP contribution >= 0.6 is 0 Å². The van der Waals surface area contributed by atoms with Crippen LogP contribution in [-0.4, -0.2) is 24.6 Å². The van der Waals surface area contributed by atoms with E-state index in [1.807, 2.05) is 0 Å². The summed E-state index contributed by atoms with van der Waals surface area (Å²) < 4.78 is 6.32. The van der Waals surface area contributed by atoms with Gasteiger partial charge in [0.2, 0.25) is 0 Å². The van der Waals surface area contributed by atoms with Crippen molar-refractivity contribution in [3.05, 3.63) is 138 Å². The van der Waals surface area contributed by atoms with Crippen molar-refractivity contribution in [2.45, 2.75) is 13.0 Å². The number of hydrogen-bond donors (Lipinski definition) is 0. The Kier molecular flexibility index (Phi) is 6.65. The number of hydrogen-bond acceptors (Lipinski definition) is 2. The Morgan fingerprint density at radius 3 is 2.09 bits per heavy atom. The monoisotopic (exact) mass is 431 g/mol. The summed E-state index contributed by atoms with van der Waals surface area (Å²) in [6.07, 6.45) is 0.837. The van der Waals surface area contributed by atoms with Gasteiger partial charge >= 0.3 is 0 Å². The molecule has 0 bridgehead atoms. The highest BCUT2D eigenvalue weighted by atomic mass is 16.5. The fourth-order valence-corrected chi connectivity index (χ4v) is 4.55. The van der Waals surface area contributed by atoms with Crippen LogP contribution in [0.25, 0.3) is 16.7 Å². The van der Waals surface area contributed by atoms with Crippen LogP contribution in [0.3, 0.4) is 0 Å². The molecule has 0 spiro atoms. The molecule has 1 aliphatic rings. The quantitative estimate of drug-likeness (QED) is 0.331. The normalized spacial score (nSPS) is 15.6. The third-order valence-electron chi connectivity index (χ3n) is 6.23. The topological polar surface area (TPSA) is 12.5 Å². The summed E-state index contributed by atoms with van der Waals surface area (Å²) in [7, 11) is 0. The zero-order valence-electron chi connectivity index (χ0n) is 18.9. The van der Waals surface area contributed by atoms with E-state index in [4.69, 9.17) is 4.74 Å². The van der Waals surface area contributed by atoms with Gasteiger partial charge in [0, 0.05) is 25.1 Å². The molecule has 0 saturated carbocycles. The first kappa shape index (κ1) is 21.2. The van der Waals surface area contributed by atoms with E-state index in [2.05, 4.69) is 120 Å². The predicted octanol–water partition coefficient (Wildman–Crippen LogP) is 6.84. The number of rotatable bonds is 6. The Labute approximate surface area is 196 Å². The van der Waals surface area contributed by atoms with Crippen molar-refractivity contribution in [1.29, 1.82) is 0 Å². The summed E-state index contributed by atoms with van der Waals surface area (Å²) in [6, 6.07) is 40.8. The van der Waals surface area contributed by atoms with E-state index in [9.17, 15) is 0 Å². The molecule has 0 N–H and O–H groups in total. The standard InChI is InChI=1S/C31H29NO/c1-4-12-25(13-5-1)23-32-20-21-33-31(24-32)30(27-16-8-3-9-17-27)22-28-18-10-11-19-29(28)26-14-6-2-7-15-26/h1-19H,20-24H2/b31-30-. The van der Waals surface area contributed by atoms with Gasteiger partial charge in [0.25, 0.3) is 0 Å². The van der Waals surface area contributed by atoms with Gasteiger partial charge in [-0.2, -0.15) is 0 Å². The number of benzene rings is 4. The third-order valence-corrected chi connectivity index (χ3v) is 6.23. The van der Waals surface area contributed by atoms with Crippen molar-refractivity contribution in [1.82, 2.24) is 4.90 Å². The summed E-state index contributed by atoms with van der Waals surface area (Å²) >= 11 is 0. The molecule has 1 aliphatic heterocycles. The van der Waals surface area contributed by atoms with Gasteiger partial charge in [-0.3, -0.25) is 4.90 Å². The average Bonchev–Trinajstić information content (AvgIpc) is 2.89. The fourth-order valence-electron chi connectivity index (χ4n) is 4.55. The molecule has 4 aromatic carbocycles. The lowest BCUT2D eigenvalue weighted by Crippen LogP contribution is -2.35. The lowest BCUT2D eigenvalue weighted by atomic mass is 9.91. The van der Waals surface area contributed by atoms with Crippen molar-refractivity contribution in [3.8, 4) is 11.1 Å². The second-order valence-corrected chi connectivity index (χ2v) is 8.51. The number of morpholine rings is 1. The van der Waals surface area contributed by atoms with E-state index >= 15 is 0 Å².